The van der Waals surface area contributed by atoms with Gasteiger partial charge in [-0.1, -0.05) is 41.4 Å². The number of halogens is 3. The molecular formula is C40H30ClFIN3O8. The van der Waals surface area contributed by atoms with Gasteiger partial charge in [-0.05, 0) is 119 Å². The molecule has 274 valence electrons. The van der Waals surface area contributed by atoms with Gasteiger partial charge in [-0.3, -0.25) is 29.5 Å². The molecule has 11 nitrogen and oxygen atoms in total. The molecule has 2 aliphatic heterocycles. The molecule has 0 spiro atoms. The minimum Gasteiger partial charge on any atom is -0.504 e. The lowest BCUT2D eigenvalue weighted by Crippen LogP contribution is -2.53. The van der Waals surface area contributed by atoms with Gasteiger partial charge < -0.3 is 14.9 Å². The number of allylic oxidation sites excluding steroid dienone is 2. The van der Waals surface area contributed by atoms with Crippen LogP contribution in [-0.4, -0.2) is 51.9 Å². The molecule has 8 rings (SSSR count). The summed E-state index contributed by atoms with van der Waals surface area (Å²) < 4.78 is 19.9. The molecule has 54 heavy (non-hydrogen) atoms. The molecule has 2 heterocycles. The maximum absolute atomic E-state index is 15.3. The van der Waals surface area contributed by atoms with Crippen molar-refractivity contribution in [1.82, 2.24) is 5.01 Å². The fraction of sp³-hybridized carbons (Fsp3) is 0.225. The third-order valence-electron chi connectivity index (χ3n) is 11.2. The number of ether oxygens (including phenoxy) is 1. The fourth-order valence-electron chi connectivity index (χ4n) is 8.98. The number of benzene rings is 4. The summed E-state index contributed by atoms with van der Waals surface area (Å²) in [6.45, 7) is 0. The van der Waals surface area contributed by atoms with Gasteiger partial charge in [-0.2, -0.15) is 5.01 Å². The molecule has 2 saturated heterocycles. The second-order valence-electron chi connectivity index (χ2n) is 13.8. The van der Waals surface area contributed by atoms with Gasteiger partial charge in [0.15, 0.2) is 11.5 Å². The van der Waals surface area contributed by atoms with Crippen molar-refractivity contribution in [2.75, 3.05) is 17.4 Å². The highest BCUT2D eigenvalue weighted by atomic mass is 127. The number of anilines is 2. The molecule has 4 aromatic carbocycles. The van der Waals surface area contributed by atoms with Crippen LogP contribution in [0.1, 0.15) is 40.2 Å². The number of carboxylic acid groups (broad SMARTS) is 1. The number of amides is 4. The number of hydrazine groups is 1. The third-order valence-corrected chi connectivity index (χ3v) is 12.3. The molecule has 0 aromatic heterocycles. The van der Waals surface area contributed by atoms with Crippen LogP contribution in [0.15, 0.2) is 96.6 Å². The third kappa shape index (κ3) is 5.30. The summed E-state index contributed by atoms with van der Waals surface area (Å²) in [7, 11) is 1.40. The Kier molecular flexibility index (Phi) is 8.76. The lowest BCUT2D eigenvalue weighted by Gasteiger charge is -2.50. The van der Waals surface area contributed by atoms with E-state index in [-0.39, 0.29) is 41.3 Å². The SMILES string of the molecule is COc1cc(C2C3=CCC4C(=O)N(c5cccc(C(=O)O)c5)C(=O)C4C3CC3C(=O)N(Nc4ccc(F)cc4)C(=O)C32c2ccc(Cl)cc2)cc(I)c1O. The first-order chi connectivity index (χ1) is 25.9. The predicted molar refractivity (Wildman–Crippen MR) is 202 cm³/mol. The van der Waals surface area contributed by atoms with Gasteiger partial charge in [0, 0.05) is 10.9 Å². The first-order valence-electron chi connectivity index (χ1n) is 17.0. The van der Waals surface area contributed by atoms with E-state index in [1.807, 2.05) is 28.7 Å². The number of aromatic hydroxyl groups is 1. The highest BCUT2D eigenvalue weighted by Gasteiger charge is 2.70. The summed E-state index contributed by atoms with van der Waals surface area (Å²) in [5.41, 5.74) is 3.27. The summed E-state index contributed by atoms with van der Waals surface area (Å²) in [6.07, 6.45) is 2.03. The Bertz CT molecular complexity index is 2320. The normalized spacial score (nSPS) is 25.9. The molecule has 0 bridgehead atoms. The molecule has 4 amide bonds. The van der Waals surface area contributed by atoms with Gasteiger partial charge in [-0.15, -0.1) is 0 Å². The van der Waals surface area contributed by atoms with E-state index in [0.29, 0.717) is 25.3 Å². The number of carbonyl (C=O) groups is 5. The zero-order valence-electron chi connectivity index (χ0n) is 28.3. The average Bonchev–Trinajstić information content (AvgIpc) is 3.54. The quantitative estimate of drug-likeness (QED) is 0.105. The monoisotopic (exact) mass is 861 g/mol. The van der Waals surface area contributed by atoms with Gasteiger partial charge in [0.2, 0.25) is 11.8 Å². The summed E-state index contributed by atoms with van der Waals surface area (Å²) in [6, 6.07) is 20.8. The van der Waals surface area contributed by atoms with Crippen molar-refractivity contribution >= 4 is 75.2 Å². The van der Waals surface area contributed by atoms with E-state index >= 15 is 4.79 Å². The topological polar surface area (TPSA) is 154 Å². The predicted octanol–water partition coefficient (Wildman–Crippen LogP) is 6.69. The van der Waals surface area contributed by atoms with Gasteiger partial charge in [-0.25, -0.2) is 9.18 Å². The summed E-state index contributed by atoms with van der Waals surface area (Å²) in [5.74, 6) is -8.37. The summed E-state index contributed by atoms with van der Waals surface area (Å²) in [4.78, 5) is 71.6. The molecule has 14 heteroatoms. The average molecular weight is 862 g/mol. The van der Waals surface area contributed by atoms with Crippen LogP contribution in [0, 0.1) is 33.1 Å². The van der Waals surface area contributed by atoms with Gasteiger partial charge >= 0.3 is 5.97 Å². The van der Waals surface area contributed by atoms with E-state index in [1.54, 1.807) is 36.4 Å². The number of hydrogen-bond donors (Lipinski definition) is 3. The molecule has 0 radical (unpaired) electrons. The lowest BCUT2D eigenvalue weighted by atomic mass is 9.49. The van der Waals surface area contributed by atoms with E-state index in [2.05, 4.69) is 5.43 Å². The van der Waals surface area contributed by atoms with E-state index in [1.165, 1.54) is 55.6 Å². The molecule has 2 aliphatic carbocycles. The number of rotatable bonds is 7. The van der Waals surface area contributed by atoms with Gasteiger partial charge in [0.1, 0.15) is 5.82 Å². The summed E-state index contributed by atoms with van der Waals surface area (Å²) in [5, 5.41) is 21.9. The van der Waals surface area contributed by atoms with Crippen LogP contribution in [0.25, 0.3) is 0 Å². The Morgan fingerprint density at radius 2 is 1.69 bits per heavy atom. The molecule has 6 unspecified atom stereocenters. The van der Waals surface area contributed by atoms with E-state index in [0.717, 1.165) is 9.91 Å². The standard InChI is InChI=1S/C40H30ClFIN3O8/c1-54-31-17-20(16-30(43)34(31)47)33-26-13-14-27-32(37(50)45(35(27)48)25-4-2-3-19(15-25)38(51)52)28(26)18-29-36(49)46(44-24-11-9-23(42)10-12-24)39(53)40(29,33)21-5-7-22(41)8-6-21/h2-13,15-17,27-29,32-33,44,47H,14,18H2,1H3,(H,51,52). The number of phenolic OH excluding ortho intramolecular Hbond substituents is 1. The maximum atomic E-state index is 15.3. The van der Waals surface area contributed by atoms with Crippen LogP contribution in [0.2, 0.25) is 5.02 Å². The number of imide groups is 2. The molecule has 3 N–H and O–H groups in total. The van der Waals surface area contributed by atoms with E-state index < -0.39 is 70.4 Å². The Morgan fingerprint density at radius 3 is 2.37 bits per heavy atom. The molecular weight excluding hydrogens is 832 g/mol. The zero-order chi connectivity index (χ0) is 38.2. The van der Waals surface area contributed by atoms with Gasteiger partial charge in [0.25, 0.3) is 11.8 Å². The lowest BCUT2D eigenvalue weighted by molar-refractivity contribution is -0.138. The van der Waals surface area contributed by atoms with E-state index in [4.69, 9.17) is 16.3 Å². The van der Waals surface area contributed by atoms with Crippen LogP contribution in [0.4, 0.5) is 15.8 Å². The second kappa shape index (κ2) is 13.2. The minimum atomic E-state index is -1.63. The smallest absolute Gasteiger partial charge is 0.335 e. The van der Waals surface area contributed by atoms with Crippen LogP contribution in [0.3, 0.4) is 0 Å². The Balaban J connectivity index is 1.34. The number of carboxylic acids is 1. The summed E-state index contributed by atoms with van der Waals surface area (Å²) >= 11 is 8.33. The number of aromatic carboxylic acids is 1. The van der Waals surface area contributed by atoms with Crippen molar-refractivity contribution in [2.45, 2.75) is 24.2 Å². The number of carbonyl (C=O) groups excluding carboxylic acids is 4. The first kappa shape index (κ1) is 35.7. The largest absolute Gasteiger partial charge is 0.504 e. The van der Waals surface area contributed by atoms with Crippen molar-refractivity contribution in [3.05, 3.63) is 128 Å². The first-order valence-corrected chi connectivity index (χ1v) is 18.5. The molecule has 4 aliphatic rings. The van der Waals surface area contributed by atoms with Crippen LogP contribution in [-0.2, 0) is 24.6 Å². The van der Waals surface area contributed by atoms with Gasteiger partial charge in [0.05, 0.1) is 50.8 Å². The molecule has 1 saturated carbocycles. The number of nitrogens with one attached hydrogen (secondary N) is 1. The van der Waals surface area contributed by atoms with Crippen molar-refractivity contribution in [3.63, 3.8) is 0 Å². The highest BCUT2D eigenvalue weighted by Crippen LogP contribution is 2.64. The number of methoxy groups -OCH3 is 1. The van der Waals surface area contributed by atoms with Crippen molar-refractivity contribution in [2.24, 2.45) is 23.7 Å². The Morgan fingerprint density at radius 1 is 0.963 bits per heavy atom. The Labute approximate surface area is 326 Å². The number of fused-ring (bicyclic) bond motifs is 4. The number of nitrogens with zero attached hydrogens (tertiary/aromatic N) is 2. The highest BCUT2D eigenvalue weighted by molar-refractivity contribution is 14.1. The molecule has 3 fully saturated rings. The minimum absolute atomic E-state index is 0.00658. The van der Waals surface area contributed by atoms with Crippen molar-refractivity contribution in [1.29, 1.82) is 0 Å². The number of hydrogen-bond acceptors (Lipinski definition) is 8. The van der Waals surface area contributed by atoms with Crippen LogP contribution < -0.4 is 15.1 Å². The van der Waals surface area contributed by atoms with Crippen LogP contribution >= 0.6 is 34.2 Å². The number of phenols is 1. The maximum Gasteiger partial charge on any atom is 0.335 e. The van der Waals surface area contributed by atoms with E-state index in [9.17, 15) is 33.8 Å². The Hall–Kier alpha value is -5.28. The van der Waals surface area contributed by atoms with Crippen molar-refractivity contribution in [3.8, 4) is 11.5 Å². The fourth-order valence-corrected chi connectivity index (χ4v) is 9.73. The molecule has 4 aromatic rings. The zero-order valence-corrected chi connectivity index (χ0v) is 31.2. The van der Waals surface area contributed by atoms with Crippen molar-refractivity contribution < 1.29 is 43.3 Å². The second-order valence-corrected chi connectivity index (χ2v) is 15.4. The van der Waals surface area contributed by atoms with Crippen LogP contribution in [0.5, 0.6) is 11.5 Å². The molecule has 6 atom stereocenters.